The molecule has 2 heterocycles. The molecular formula is C11H11N3O5. The molecule has 0 aliphatic heterocycles. The molecule has 2 aromatic rings. The van der Waals surface area contributed by atoms with E-state index in [0.29, 0.717) is 12.0 Å². The molecule has 0 amide bonds. The molecule has 0 spiro atoms. The molecule has 0 radical (unpaired) electrons. The van der Waals surface area contributed by atoms with Crippen molar-refractivity contribution in [1.82, 2.24) is 9.55 Å². The van der Waals surface area contributed by atoms with Gasteiger partial charge in [-0.1, -0.05) is 6.92 Å². The highest BCUT2D eigenvalue weighted by Gasteiger charge is 2.13. The van der Waals surface area contributed by atoms with Gasteiger partial charge >= 0.3 is 11.6 Å². The Hall–Kier alpha value is -2.64. The number of nitrogens with zero attached hydrogens (tertiary/aromatic N) is 2. The van der Waals surface area contributed by atoms with E-state index in [1.807, 2.05) is 0 Å². The number of rotatable bonds is 4. The zero-order chi connectivity index (χ0) is 14.0. The van der Waals surface area contributed by atoms with Crippen molar-refractivity contribution in [2.75, 3.05) is 0 Å². The first-order valence-electron chi connectivity index (χ1n) is 5.57. The van der Waals surface area contributed by atoms with Gasteiger partial charge in [-0.2, -0.15) is 0 Å². The molecule has 0 fully saturated rings. The number of nitrogens with one attached hydrogen (secondary N) is 1. The minimum atomic E-state index is -0.656. The normalized spacial score (nSPS) is 10.6. The van der Waals surface area contributed by atoms with Crippen LogP contribution < -0.4 is 11.2 Å². The first-order chi connectivity index (χ1) is 9.01. The molecule has 100 valence electrons. The number of H-pyrrole nitrogens is 1. The van der Waals surface area contributed by atoms with Crippen LogP contribution >= 0.6 is 0 Å². The Morgan fingerprint density at radius 1 is 1.42 bits per heavy atom. The Balaban J connectivity index is 2.35. The minimum Gasteiger partial charge on any atom is -0.404 e. The zero-order valence-corrected chi connectivity index (χ0v) is 10.1. The van der Waals surface area contributed by atoms with Gasteiger partial charge in [0.15, 0.2) is 0 Å². The molecule has 2 aromatic heterocycles. The van der Waals surface area contributed by atoms with E-state index >= 15 is 0 Å². The minimum absolute atomic E-state index is 0.0243. The van der Waals surface area contributed by atoms with E-state index < -0.39 is 16.2 Å². The van der Waals surface area contributed by atoms with Crippen molar-refractivity contribution in [1.29, 1.82) is 0 Å². The standard InChI is InChI=1S/C11H11N3O5/c1-2-7-5-13(11(16)12-10(7)15)6-8-3-4-9(19-8)14(17)18/h3-5H,2,6H2,1H3,(H,12,15,16). The maximum atomic E-state index is 11.6. The Morgan fingerprint density at radius 3 is 2.74 bits per heavy atom. The van der Waals surface area contributed by atoms with Crippen LogP contribution in [0.4, 0.5) is 5.88 Å². The van der Waals surface area contributed by atoms with Gasteiger partial charge in [0.1, 0.15) is 10.7 Å². The van der Waals surface area contributed by atoms with Crippen LogP contribution in [0.15, 0.2) is 32.3 Å². The van der Waals surface area contributed by atoms with Gasteiger partial charge in [-0.15, -0.1) is 0 Å². The summed E-state index contributed by atoms with van der Waals surface area (Å²) in [6, 6.07) is 2.63. The Labute approximate surface area is 106 Å². The highest BCUT2D eigenvalue weighted by atomic mass is 16.6. The summed E-state index contributed by atoms with van der Waals surface area (Å²) in [5, 5.41) is 10.5. The summed E-state index contributed by atoms with van der Waals surface area (Å²) in [5.74, 6) is -0.119. The van der Waals surface area contributed by atoms with E-state index in [2.05, 4.69) is 4.98 Å². The van der Waals surface area contributed by atoms with Gasteiger partial charge in [-0.3, -0.25) is 24.5 Å². The molecule has 0 aromatic carbocycles. The maximum absolute atomic E-state index is 11.6. The van der Waals surface area contributed by atoms with Crippen molar-refractivity contribution < 1.29 is 9.34 Å². The molecule has 0 bridgehead atoms. The van der Waals surface area contributed by atoms with Crippen LogP contribution in [0, 0.1) is 10.1 Å². The monoisotopic (exact) mass is 265 g/mol. The predicted octanol–water partition coefficient (Wildman–Crippen LogP) is 0.648. The Kier molecular flexibility index (Phi) is 3.32. The lowest BCUT2D eigenvalue weighted by Crippen LogP contribution is -2.31. The molecule has 0 aliphatic carbocycles. The number of nitro groups is 1. The largest absolute Gasteiger partial charge is 0.433 e. The predicted molar refractivity (Wildman–Crippen MR) is 65.2 cm³/mol. The SMILES string of the molecule is CCc1cn(Cc2ccc([N+](=O)[O-])o2)c(=O)[nH]c1=O. The lowest BCUT2D eigenvalue weighted by Gasteiger charge is -2.04. The highest BCUT2D eigenvalue weighted by molar-refractivity contribution is 5.18. The van der Waals surface area contributed by atoms with Crippen LogP contribution in [-0.2, 0) is 13.0 Å². The van der Waals surface area contributed by atoms with Crippen molar-refractivity contribution in [3.63, 3.8) is 0 Å². The topological polar surface area (TPSA) is 111 Å². The molecule has 0 saturated heterocycles. The Bertz CT molecular complexity index is 724. The van der Waals surface area contributed by atoms with E-state index in [-0.39, 0.29) is 18.2 Å². The molecular weight excluding hydrogens is 254 g/mol. The quantitative estimate of drug-likeness (QED) is 0.644. The van der Waals surface area contributed by atoms with Crippen molar-refractivity contribution in [3.05, 3.63) is 60.6 Å². The van der Waals surface area contributed by atoms with Gasteiger partial charge in [0, 0.05) is 11.8 Å². The fraction of sp³-hybridized carbons (Fsp3) is 0.273. The first kappa shape index (κ1) is 12.8. The lowest BCUT2D eigenvalue weighted by atomic mass is 10.2. The number of hydrogen-bond acceptors (Lipinski definition) is 5. The molecule has 0 aliphatic rings. The molecule has 2 rings (SSSR count). The van der Waals surface area contributed by atoms with Crippen molar-refractivity contribution in [2.24, 2.45) is 0 Å². The molecule has 8 heteroatoms. The average Bonchev–Trinajstić information content (AvgIpc) is 2.81. The second-order valence-electron chi connectivity index (χ2n) is 3.89. The number of hydrogen-bond donors (Lipinski definition) is 1. The third-order valence-corrected chi connectivity index (χ3v) is 2.62. The van der Waals surface area contributed by atoms with Crippen molar-refractivity contribution >= 4 is 5.88 Å². The van der Waals surface area contributed by atoms with Gasteiger partial charge in [-0.25, -0.2) is 4.79 Å². The molecule has 0 unspecified atom stereocenters. The van der Waals surface area contributed by atoms with Gasteiger partial charge in [0.2, 0.25) is 0 Å². The average molecular weight is 265 g/mol. The van der Waals surface area contributed by atoms with Gasteiger partial charge in [0.25, 0.3) is 5.56 Å². The molecule has 0 saturated carbocycles. The number of furan rings is 1. The van der Waals surface area contributed by atoms with Crippen molar-refractivity contribution in [3.8, 4) is 0 Å². The van der Waals surface area contributed by atoms with E-state index in [1.165, 1.54) is 22.9 Å². The van der Waals surface area contributed by atoms with E-state index in [9.17, 15) is 19.7 Å². The lowest BCUT2D eigenvalue weighted by molar-refractivity contribution is -0.402. The van der Waals surface area contributed by atoms with Crippen molar-refractivity contribution in [2.45, 2.75) is 19.9 Å². The summed E-state index contributed by atoms with van der Waals surface area (Å²) >= 11 is 0. The second-order valence-corrected chi connectivity index (χ2v) is 3.89. The van der Waals surface area contributed by atoms with Gasteiger partial charge in [-0.05, 0) is 12.5 Å². The molecule has 0 atom stereocenters. The van der Waals surface area contributed by atoms with E-state index in [1.54, 1.807) is 6.92 Å². The fourth-order valence-corrected chi connectivity index (χ4v) is 1.64. The fourth-order valence-electron chi connectivity index (χ4n) is 1.64. The molecule has 8 nitrogen and oxygen atoms in total. The van der Waals surface area contributed by atoms with E-state index in [0.717, 1.165) is 0 Å². The van der Waals surface area contributed by atoms with Crippen LogP contribution in [0.1, 0.15) is 18.2 Å². The summed E-state index contributed by atoms with van der Waals surface area (Å²) in [5.41, 5.74) is -0.545. The number of aromatic amines is 1. The number of aryl methyl sites for hydroxylation is 1. The van der Waals surface area contributed by atoms with Crippen LogP contribution in [0.2, 0.25) is 0 Å². The van der Waals surface area contributed by atoms with Gasteiger partial charge < -0.3 is 4.42 Å². The number of aromatic nitrogens is 2. The maximum Gasteiger partial charge on any atom is 0.433 e. The third kappa shape index (κ3) is 2.62. The van der Waals surface area contributed by atoms with Crippen LogP contribution in [0.5, 0.6) is 0 Å². The summed E-state index contributed by atoms with van der Waals surface area (Å²) in [6.07, 6.45) is 1.91. The van der Waals surface area contributed by atoms with Crippen LogP contribution in [0.3, 0.4) is 0 Å². The summed E-state index contributed by atoms with van der Waals surface area (Å²) in [7, 11) is 0. The summed E-state index contributed by atoms with van der Waals surface area (Å²) in [4.78, 5) is 35.0. The molecule has 1 N–H and O–H groups in total. The van der Waals surface area contributed by atoms with E-state index in [4.69, 9.17) is 4.42 Å². The second kappa shape index (κ2) is 4.92. The van der Waals surface area contributed by atoms with Gasteiger partial charge in [0.05, 0.1) is 12.6 Å². The van der Waals surface area contributed by atoms with Crippen LogP contribution in [-0.4, -0.2) is 14.5 Å². The summed E-state index contributed by atoms with van der Waals surface area (Å²) in [6.45, 7) is 1.81. The highest BCUT2D eigenvalue weighted by Crippen LogP contribution is 2.15. The smallest absolute Gasteiger partial charge is 0.404 e. The summed E-state index contributed by atoms with van der Waals surface area (Å²) < 4.78 is 6.20. The zero-order valence-electron chi connectivity index (χ0n) is 10.1. The first-order valence-corrected chi connectivity index (χ1v) is 5.57. The molecule has 19 heavy (non-hydrogen) atoms. The van der Waals surface area contributed by atoms with Crippen LogP contribution in [0.25, 0.3) is 0 Å². The Morgan fingerprint density at radius 2 is 2.16 bits per heavy atom. The third-order valence-electron chi connectivity index (χ3n) is 2.62.